The van der Waals surface area contributed by atoms with Gasteiger partial charge in [-0.25, -0.2) is 9.80 Å². The van der Waals surface area contributed by atoms with Gasteiger partial charge in [-0.3, -0.25) is 19.1 Å². The number of hydrogen-bond acceptors (Lipinski definition) is 7. The lowest BCUT2D eigenvalue weighted by atomic mass is 9.98. The SMILES string of the molecule is CCCCn1c(O)c(C2=NN(C(C)=O)[C@H](c3ccc(OC)cc3OC)C2)c(=O)[nH]c1=O. The minimum absolute atomic E-state index is 0.114. The first kappa shape index (κ1) is 22.1. The van der Waals surface area contributed by atoms with Crippen LogP contribution in [0.1, 0.15) is 50.3 Å². The van der Waals surface area contributed by atoms with Crippen LogP contribution in [0.2, 0.25) is 0 Å². The number of benzene rings is 1. The molecule has 3 rings (SSSR count). The predicted octanol–water partition coefficient (Wildman–Crippen LogP) is 1.76. The molecular weight excluding hydrogens is 404 g/mol. The molecule has 0 bridgehead atoms. The number of nitrogens with zero attached hydrogens (tertiary/aromatic N) is 3. The van der Waals surface area contributed by atoms with Crippen molar-refractivity contribution in [3.63, 3.8) is 0 Å². The van der Waals surface area contributed by atoms with E-state index in [1.807, 2.05) is 6.92 Å². The molecule has 1 aliphatic heterocycles. The lowest BCUT2D eigenvalue weighted by molar-refractivity contribution is -0.130. The molecule has 0 radical (unpaired) electrons. The fourth-order valence-corrected chi connectivity index (χ4v) is 3.63. The van der Waals surface area contributed by atoms with E-state index in [2.05, 4.69) is 10.1 Å². The highest BCUT2D eigenvalue weighted by Crippen LogP contribution is 2.39. The summed E-state index contributed by atoms with van der Waals surface area (Å²) in [5.41, 5.74) is -0.665. The third-order valence-electron chi connectivity index (χ3n) is 5.23. The number of aromatic nitrogens is 2. The molecule has 0 spiro atoms. The quantitative estimate of drug-likeness (QED) is 0.689. The number of rotatable bonds is 7. The van der Waals surface area contributed by atoms with Crippen molar-refractivity contribution in [1.82, 2.24) is 14.6 Å². The zero-order valence-electron chi connectivity index (χ0n) is 18.0. The van der Waals surface area contributed by atoms with Crippen LogP contribution < -0.4 is 20.7 Å². The van der Waals surface area contributed by atoms with E-state index in [4.69, 9.17) is 9.47 Å². The fourth-order valence-electron chi connectivity index (χ4n) is 3.63. The molecular formula is C21H26N4O6. The van der Waals surface area contributed by atoms with Crippen LogP contribution in [-0.4, -0.2) is 45.5 Å². The second kappa shape index (κ2) is 9.07. The number of ether oxygens (including phenoxy) is 2. The highest BCUT2D eigenvalue weighted by molar-refractivity contribution is 6.04. The van der Waals surface area contributed by atoms with E-state index in [-0.39, 0.29) is 30.1 Å². The van der Waals surface area contributed by atoms with Crippen molar-refractivity contribution in [3.8, 4) is 17.4 Å². The number of aromatic hydroxyl groups is 1. The number of H-pyrrole nitrogens is 1. The van der Waals surface area contributed by atoms with Crippen molar-refractivity contribution >= 4 is 11.6 Å². The zero-order valence-corrected chi connectivity index (χ0v) is 18.0. The molecule has 2 N–H and O–H groups in total. The summed E-state index contributed by atoms with van der Waals surface area (Å²) in [7, 11) is 3.04. The van der Waals surface area contributed by atoms with Crippen LogP contribution in [0.5, 0.6) is 17.4 Å². The molecule has 2 aromatic rings. The first-order chi connectivity index (χ1) is 14.8. The van der Waals surface area contributed by atoms with Crippen molar-refractivity contribution < 1.29 is 19.4 Å². The summed E-state index contributed by atoms with van der Waals surface area (Å²) >= 11 is 0. The Morgan fingerprint density at radius 1 is 1.29 bits per heavy atom. The number of hydrazone groups is 1. The van der Waals surface area contributed by atoms with Gasteiger partial charge in [-0.15, -0.1) is 0 Å². The van der Waals surface area contributed by atoms with Gasteiger partial charge in [0.05, 0.1) is 26.0 Å². The van der Waals surface area contributed by atoms with Crippen LogP contribution in [-0.2, 0) is 11.3 Å². The molecule has 166 valence electrons. The Hall–Kier alpha value is -3.56. The van der Waals surface area contributed by atoms with E-state index in [0.29, 0.717) is 23.5 Å². The van der Waals surface area contributed by atoms with Crippen molar-refractivity contribution in [2.45, 2.75) is 45.7 Å². The van der Waals surface area contributed by atoms with Crippen molar-refractivity contribution in [1.29, 1.82) is 0 Å². The van der Waals surface area contributed by atoms with Gasteiger partial charge in [0.15, 0.2) is 0 Å². The first-order valence-electron chi connectivity index (χ1n) is 9.98. The van der Waals surface area contributed by atoms with Crippen LogP contribution in [0.15, 0.2) is 32.9 Å². The van der Waals surface area contributed by atoms with E-state index in [1.54, 1.807) is 18.2 Å². The van der Waals surface area contributed by atoms with E-state index >= 15 is 0 Å². The van der Waals surface area contributed by atoms with Gasteiger partial charge >= 0.3 is 5.69 Å². The monoisotopic (exact) mass is 430 g/mol. The first-order valence-corrected chi connectivity index (χ1v) is 9.98. The number of aromatic amines is 1. The van der Waals surface area contributed by atoms with Gasteiger partial charge in [0.2, 0.25) is 11.8 Å². The molecule has 1 aliphatic rings. The molecule has 1 atom stereocenters. The summed E-state index contributed by atoms with van der Waals surface area (Å²) in [6, 6.07) is 4.65. The average Bonchev–Trinajstić information content (AvgIpc) is 3.17. The maximum Gasteiger partial charge on any atom is 0.331 e. The van der Waals surface area contributed by atoms with Crippen molar-refractivity contribution in [3.05, 3.63) is 50.2 Å². The molecule has 0 unspecified atom stereocenters. The highest BCUT2D eigenvalue weighted by atomic mass is 16.5. The number of amides is 1. The molecule has 1 aromatic heterocycles. The van der Waals surface area contributed by atoms with Crippen LogP contribution in [0.3, 0.4) is 0 Å². The molecule has 0 fully saturated rings. The largest absolute Gasteiger partial charge is 0.497 e. The summed E-state index contributed by atoms with van der Waals surface area (Å²) < 4.78 is 11.8. The molecule has 0 saturated heterocycles. The molecule has 1 aromatic carbocycles. The van der Waals surface area contributed by atoms with Gasteiger partial charge in [-0.2, -0.15) is 5.10 Å². The number of carbonyl (C=O) groups excluding carboxylic acids is 1. The summed E-state index contributed by atoms with van der Waals surface area (Å²) in [5, 5.41) is 16.3. The van der Waals surface area contributed by atoms with Crippen molar-refractivity contribution in [2.24, 2.45) is 5.10 Å². The zero-order chi connectivity index (χ0) is 22.7. The normalized spacial score (nSPS) is 15.7. The number of carbonyl (C=O) groups is 1. The Morgan fingerprint density at radius 3 is 2.65 bits per heavy atom. The van der Waals surface area contributed by atoms with E-state index in [1.165, 1.54) is 26.2 Å². The number of methoxy groups -OCH3 is 2. The van der Waals surface area contributed by atoms with E-state index in [9.17, 15) is 19.5 Å². The summed E-state index contributed by atoms with van der Waals surface area (Å²) in [4.78, 5) is 39.2. The number of nitrogens with one attached hydrogen (secondary N) is 1. The van der Waals surface area contributed by atoms with E-state index in [0.717, 1.165) is 11.0 Å². The Morgan fingerprint density at radius 2 is 2.03 bits per heavy atom. The molecule has 10 nitrogen and oxygen atoms in total. The van der Waals surface area contributed by atoms with Crippen molar-refractivity contribution in [2.75, 3.05) is 14.2 Å². The number of hydrogen-bond donors (Lipinski definition) is 2. The number of unbranched alkanes of at least 4 members (excludes halogenated alkanes) is 1. The van der Waals surface area contributed by atoms with Crippen LogP contribution >= 0.6 is 0 Å². The van der Waals surface area contributed by atoms with E-state index < -0.39 is 23.2 Å². The maximum atomic E-state index is 12.5. The van der Waals surface area contributed by atoms with Gasteiger partial charge in [-0.1, -0.05) is 13.3 Å². The van der Waals surface area contributed by atoms with Gasteiger partial charge in [0.25, 0.3) is 5.56 Å². The minimum Gasteiger partial charge on any atom is -0.497 e. The third-order valence-corrected chi connectivity index (χ3v) is 5.23. The van der Waals surface area contributed by atoms with Gasteiger partial charge in [0.1, 0.15) is 17.1 Å². The van der Waals surface area contributed by atoms with Gasteiger partial charge in [0, 0.05) is 31.5 Å². The summed E-state index contributed by atoms with van der Waals surface area (Å²) in [6.07, 6.45) is 1.61. The lowest BCUT2D eigenvalue weighted by Gasteiger charge is -2.22. The molecule has 31 heavy (non-hydrogen) atoms. The fraction of sp³-hybridized carbons (Fsp3) is 0.429. The second-order valence-corrected chi connectivity index (χ2v) is 7.20. The molecule has 0 saturated carbocycles. The van der Waals surface area contributed by atoms with Gasteiger partial charge < -0.3 is 14.6 Å². The van der Waals surface area contributed by atoms with Crippen LogP contribution in [0, 0.1) is 0 Å². The lowest BCUT2D eigenvalue weighted by Crippen LogP contribution is -2.33. The Labute approximate surface area is 178 Å². The predicted molar refractivity (Wildman–Crippen MR) is 114 cm³/mol. The minimum atomic E-state index is -0.750. The smallest absolute Gasteiger partial charge is 0.331 e. The maximum absolute atomic E-state index is 12.5. The molecule has 1 amide bonds. The summed E-state index contributed by atoms with van der Waals surface area (Å²) in [5.74, 6) is 0.296. The average molecular weight is 430 g/mol. The Bertz CT molecular complexity index is 1130. The topological polar surface area (TPSA) is 126 Å². The highest BCUT2D eigenvalue weighted by Gasteiger charge is 2.36. The molecule has 10 heteroatoms. The standard InChI is InChI=1S/C21H26N4O6/c1-5-6-9-24-20(28)18(19(27)22-21(24)29)15-11-16(25(23-15)12(2)26)14-8-7-13(30-3)10-17(14)31-4/h7-8,10,16,28H,5-6,9,11H2,1-4H3,(H,22,27,29)/t16-/m0/s1. The van der Waals surface area contributed by atoms with Crippen LogP contribution in [0.4, 0.5) is 0 Å². The molecule has 2 heterocycles. The second-order valence-electron chi connectivity index (χ2n) is 7.20. The summed E-state index contributed by atoms with van der Waals surface area (Å²) in [6.45, 7) is 3.57. The Kier molecular flexibility index (Phi) is 6.47. The third kappa shape index (κ3) is 4.18. The molecule has 0 aliphatic carbocycles. The van der Waals surface area contributed by atoms with Crippen LogP contribution in [0.25, 0.3) is 0 Å². The Balaban J connectivity index is 2.08. The van der Waals surface area contributed by atoms with Gasteiger partial charge in [-0.05, 0) is 18.6 Å².